The van der Waals surface area contributed by atoms with Crippen molar-refractivity contribution in [2.45, 2.75) is 26.4 Å². The van der Waals surface area contributed by atoms with Crippen molar-refractivity contribution in [3.63, 3.8) is 0 Å². The van der Waals surface area contributed by atoms with Gasteiger partial charge in [0.2, 0.25) is 0 Å². The molecule has 0 bridgehead atoms. The molecule has 0 saturated heterocycles. The van der Waals surface area contributed by atoms with Gasteiger partial charge in [-0.05, 0) is 36.2 Å². The van der Waals surface area contributed by atoms with Gasteiger partial charge in [-0.3, -0.25) is 0 Å². The van der Waals surface area contributed by atoms with Gasteiger partial charge >= 0.3 is 0 Å². The van der Waals surface area contributed by atoms with Gasteiger partial charge in [0.15, 0.2) is 0 Å². The van der Waals surface area contributed by atoms with Crippen LogP contribution in [-0.4, -0.2) is 0 Å². The van der Waals surface area contributed by atoms with Crippen LogP contribution in [-0.2, 0) is 19.5 Å². The van der Waals surface area contributed by atoms with Gasteiger partial charge in [0.25, 0.3) is 0 Å². The first-order chi connectivity index (χ1) is 8.28. The zero-order valence-corrected chi connectivity index (χ0v) is 12.3. The molecular weight excluding hydrogens is 294 g/mol. The lowest BCUT2D eigenvalue weighted by atomic mass is 10.2. The first-order valence-electron chi connectivity index (χ1n) is 5.80. The summed E-state index contributed by atoms with van der Waals surface area (Å²) in [7, 11) is 0. The minimum absolute atomic E-state index is 0.915. The average Bonchev–Trinajstić information content (AvgIpc) is 2.77. The number of thiophene rings is 1. The largest absolute Gasteiger partial charge is 0.308 e. The fourth-order valence-electron chi connectivity index (χ4n) is 1.68. The average molecular weight is 310 g/mol. The minimum Gasteiger partial charge on any atom is -0.308 e. The Morgan fingerprint density at radius 1 is 1.12 bits per heavy atom. The standard InChI is InChI=1S/C14H16BrNS/c1-2-13-6-7-14(17-13)10-16-9-11-4-3-5-12(15)8-11/h3-8,16H,2,9-10H2,1H3. The predicted molar refractivity (Wildman–Crippen MR) is 78.4 cm³/mol. The number of hydrogen-bond donors (Lipinski definition) is 1. The molecule has 0 aliphatic heterocycles. The van der Waals surface area contributed by atoms with E-state index in [2.05, 4.69) is 64.6 Å². The second kappa shape index (κ2) is 6.34. The summed E-state index contributed by atoms with van der Waals surface area (Å²) < 4.78 is 1.14. The Hall–Kier alpha value is -0.640. The number of benzene rings is 1. The highest BCUT2D eigenvalue weighted by Gasteiger charge is 1.98. The van der Waals surface area contributed by atoms with Crippen molar-refractivity contribution in [1.82, 2.24) is 5.32 Å². The van der Waals surface area contributed by atoms with Gasteiger partial charge < -0.3 is 5.32 Å². The van der Waals surface area contributed by atoms with Crippen LogP contribution in [0.4, 0.5) is 0 Å². The highest BCUT2D eigenvalue weighted by molar-refractivity contribution is 9.10. The van der Waals surface area contributed by atoms with E-state index in [9.17, 15) is 0 Å². The maximum Gasteiger partial charge on any atom is 0.0303 e. The summed E-state index contributed by atoms with van der Waals surface area (Å²) in [6, 6.07) is 12.9. The summed E-state index contributed by atoms with van der Waals surface area (Å²) >= 11 is 5.39. The van der Waals surface area contributed by atoms with Crippen LogP contribution >= 0.6 is 27.3 Å². The van der Waals surface area contributed by atoms with Crippen LogP contribution in [0.3, 0.4) is 0 Å². The Labute approximate surface area is 115 Å². The van der Waals surface area contributed by atoms with Gasteiger partial charge in [0.1, 0.15) is 0 Å². The van der Waals surface area contributed by atoms with E-state index in [0.717, 1.165) is 24.0 Å². The number of rotatable bonds is 5. The van der Waals surface area contributed by atoms with E-state index in [1.165, 1.54) is 15.3 Å². The molecule has 0 saturated carbocycles. The molecule has 1 aromatic heterocycles. The van der Waals surface area contributed by atoms with E-state index in [0.29, 0.717) is 0 Å². The molecule has 0 spiro atoms. The van der Waals surface area contributed by atoms with Crippen molar-refractivity contribution in [2.24, 2.45) is 0 Å². The maximum absolute atomic E-state index is 3.49. The van der Waals surface area contributed by atoms with Crippen molar-refractivity contribution in [3.05, 3.63) is 56.2 Å². The molecule has 0 unspecified atom stereocenters. The second-order valence-electron chi connectivity index (χ2n) is 3.96. The van der Waals surface area contributed by atoms with E-state index in [1.54, 1.807) is 0 Å². The van der Waals surface area contributed by atoms with Gasteiger partial charge in [-0.25, -0.2) is 0 Å². The Morgan fingerprint density at radius 2 is 1.94 bits per heavy atom. The van der Waals surface area contributed by atoms with Crippen LogP contribution in [0.25, 0.3) is 0 Å². The molecule has 90 valence electrons. The summed E-state index contributed by atoms with van der Waals surface area (Å²) in [5.41, 5.74) is 1.31. The Balaban J connectivity index is 1.83. The van der Waals surface area contributed by atoms with Crippen LogP contribution in [0.15, 0.2) is 40.9 Å². The second-order valence-corrected chi connectivity index (χ2v) is 6.12. The van der Waals surface area contributed by atoms with Crippen LogP contribution in [0, 0.1) is 0 Å². The van der Waals surface area contributed by atoms with Crippen molar-refractivity contribution < 1.29 is 0 Å². The zero-order valence-electron chi connectivity index (χ0n) is 9.87. The van der Waals surface area contributed by atoms with E-state index in [-0.39, 0.29) is 0 Å². The van der Waals surface area contributed by atoms with Gasteiger partial charge in [0.05, 0.1) is 0 Å². The normalized spacial score (nSPS) is 10.7. The molecule has 0 fully saturated rings. The fraction of sp³-hybridized carbons (Fsp3) is 0.286. The maximum atomic E-state index is 3.49. The highest BCUT2D eigenvalue weighted by atomic mass is 79.9. The number of aryl methyl sites for hydroxylation is 1. The summed E-state index contributed by atoms with van der Waals surface area (Å²) in [4.78, 5) is 2.88. The molecule has 0 aliphatic carbocycles. The third-order valence-corrected chi connectivity index (χ3v) is 4.31. The molecule has 0 atom stereocenters. The highest BCUT2D eigenvalue weighted by Crippen LogP contribution is 2.17. The first-order valence-corrected chi connectivity index (χ1v) is 7.41. The van der Waals surface area contributed by atoms with Crippen molar-refractivity contribution in [1.29, 1.82) is 0 Å². The lowest BCUT2D eigenvalue weighted by Gasteiger charge is -2.03. The monoisotopic (exact) mass is 309 g/mol. The van der Waals surface area contributed by atoms with Crippen molar-refractivity contribution in [2.75, 3.05) is 0 Å². The summed E-state index contributed by atoms with van der Waals surface area (Å²) in [6.07, 6.45) is 1.14. The van der Waals surface area contributed by atoms with E-state index >= 15 is 0 Å². The minimum atomic E-state index is 0.915. The molecule has 2 aromatic rings. The van der Waals surface area contributed by atoms with Crippen LogP contribution in [0.1, 0.15) is 22.2 Å². The van der Waals surface area contributed by atoms with Crippen LogP contribution in [0.2, 0.25) is 0 Å². The van der Waals surface area contributed by atoms with Crippen LogP contribution < -0.4 is 5.32 Å². The smallest absolute Gasteiger partial charge is 0.0303 e. The molecule has 0 amide bonds. The first kappa shape index (κ1) is 12.8. The molecule has 1 heterocycles. The Morgan fingerprint density at radius 3 is 2.65 bits per heavy atom. The lowest BCUT2D eigenvalue weighted by Crippen LogP contribution is -2.11. The topological polar surface area (TPSA) is 12.0 Å². The van der Waals surface area contributed by atoms with Gasteiger partial charge in [0, 0.05) is 27.3 Å². The van der Waals surface area contributed by atoms with E-state index in [4.69, 9.17) is 0 Å². The Kier molecular flexibility index (Phi) is 4.77. The fourth-order valence-corrected chi connectivity index (χ4v) is 3.06. The lowest BCUT2D eigenvalue weighted by molar-refractivity contribution is 0.701. The molecule has 17 heavy (non-hydrogen) atoms. The number of halogens is 1. The summed E-state index contributed by atoms with van der Waals surface area (Å²) in [5.74, 6) is 0. The molecule has 1 nitrogen and oxygen atoms in total. The van der Waals surface area contributed by atoms with Crippen LogP contribution in [0.5, 0.6) is 0 Å². The zero-order chi connectivity index (χ0) is 12.1. The molecule has 1 N–H and O–H groups in total. The van der Waals surface area contributed by atoms with Gasteiger partial charge in [-0.1, -0.05) is 35.0 Å². The van der Waals surface area contributed by atoms with E-state index < -0.39 is 0 Å². The predicted octanol–water partition coefficient (Wildman–Crippen LogP) is 4.36. The SMILES string of the molecule is CCc1ccc(CNCc2cccc(Br)c2)s1. The molecule has 2 rings (SSSR count). The number of nitrogens with one attached hydrogen (secondary N) is 1. The molecular formula is C14H16BrNS. The van der Waals surface area contributed by atoms with Crippen molar-refractivity contribution in [3.8, 4) is 0 Å². The molecule has 3 heteroatoms. The van der Waals surface area contributed by atoms with E-state index in [1.807, 2.05) is 11.3 Å². The number of hydrogen-bond acceptors (Lipinski definition) is 2. The molecule has 1 aromatic carbocycles. The van der Waals surface area contributed by atoms with Gasteiger partial charge in [-0.15, -0.1) is 11.3 Å². The van der Waals surface area contributed by atoms with Gasteiger partial charge in [-0.2, -0.15) is 0 Å². The molecule has 0 radical (unpaired) electrons. The summed E-state index contributed by atoms with van der Waals surface area (Å²) in [6.45, 7) is 4.07. The van der Waals surface area contributed by atoms with Crippen molar-refractivity contribution >= 4 is 27.3 Å². The summed E-state index contributed by atoms with van der Waals surface area (Å²) in [5, 5.41) is 3.47. The molecule has 0 aliphatic rings. The third kappa shape index (κ3) is 3.95. The quantitative estimate of drug-likeness (QED) is 0.865. The Bertz CT molecular complexity index is 479. The third-order valence-electron chi connectivity index (χ3n) is 2.58.